The number of hydrogen-bond acceptors (Lipinski definition) is 4. The molecule has 0 aliphatic rings. The van der Waals surface area contributed by atoms with Crippen LogP contribution in [0, 0.1) is 11.6 Å². The molecule has 2 aromatic carbocycles. The van der Waals surface area contributed by atoms with Crippen LogP contribution in [0.1, 0.15) is 6.42 Å². The fraction of sp³-hybridized carbons (Fsp3) is 0.222. The minimum absolute atomic E-state index is 0.0459. The Hall–Kier alpha value is -3.16. The van der Waals surface area contributed by atoms with Crippen molar-refractivity contribution in [3.63, 3.8) is 0 Å². The summed E-state index contributed by atoms with van der Waals surface area (Å²) < 4.78 is 31.7. The first-order valence-electron chi connectivity index (χ1n) is 7.81. The van der Waals surface area contributed by atoms with E-state index in [1.54, 1.807) is 29.2 Å². The monoisotopic (exact) mass is 363 g/mol. The van der Waals surface area contributed by atoms with Crippen LogP contribution in [0.25, 0.3) is 0 Å². The Morgan fingerprint density at radius 1 is 1.15 bits per heavy atom. The Bertz CT molecular complexity index is 782. The van der Waals surface area contributed by atoms with Crippen LogP contribution in [-0.2, 0) is 9.59 Å². The molecule has 0 saturated heterocycles. The van der Waals surface area contributed by atoms with Crippen molar-refractivity contribution in [2.45, 2.75) is 6.42 Å². The van der Waals surface area contributed by atoms with Gasteiger partial charge in [-0.15, -0.1) is 0 Å². The Morgan fingerprint density at radius 3 is 2.42 bits per heavy atom. The number of carbonyl (C=O) groups excluding carboxylic acids is 2. The van der Waals surface area contributed by atoms with Gasteiger partial charge in [0.2, 0.25) is 11.8 Å². The maximum absolute atomic E-state index is 13.7. The summed E-state index contributed by atoms with van der Waals surface area (Å²) in [5.74, 6) is -1.99. The van der Waals surface area contributed by atoms with Gasteiger partial charge in [-0.05, 0) is 36.4 Å². The van der Waals surface area contributed by atoms with Gasteiger partial charge in [-0.2, -0.15) is 0 Å². The normalized spacial score (nSPS) is 10.3. The summed E-state index contributed by atoms with van der Waals surface area (Å²) in [6.07, 6.45) is 0.0459. The van der Waals surface area contributed by atoms with Crippen molar-refractivity contribution in [2.24, 2.45) is 5.73 Å². The van der Waals surface area contributed by atoms with Crippen molar-refractivity contribution in [1.82, 2.24) is 0 Å². The van der Waals surface area contributed by atoms with E-state index in [1.165, 1.54) is 7.11 Å². The van der Waals surface area contributed by atoms with Gasteiger partial charge in [-0.1, -0.05) is 0 Å². The lowest BCUT2D eigenvalue weighted by atomic mass is 10.2. The summed E-state index contributed by atoms with van der Waals surface area (Å²) >= 11 is 0. The minimum Gasteiger partial charge on any atom is -0.497 e. The van der Waals surface area contributed by atoms with E-state index in [1.807, 2.05) is 0 Å². The number of methoxy groups -OCH3 is 1. The number of nitrogens with zero attached hydrogens (tertiary/aromatic N) is 1. The molecule has 0 bridgehead atoms. The molecule has 2 rings (SSSR count). The predicted molar refractivity (Wildman–Crippen MR) is 94.0 cm³/mol. The molecule has 2 aromatic rings. The predicted octanol–water partition coefficient (Wildman–Crippen LogP) is 2.29. The Morgan fingerprint density at radius 2 is 1.85 bits per heavy atom. The van der Waals surface area contributed by atoms with Gasteiger partial charge in [0, 0.05) is 24.7 Å². The second kappa shape index (κ2) is 8.80. The number of nitrogens with two attached hydrogens (primary N) is 1. The summed E-state index contributed by atoms with van der Waals surface area (Å²) in [5, 5.41) is 2.38. The van der Waals surface area contributed by atoms with Crippen molar-refractivity contribution in [3.8, 4) is 5.75 Å². The third-order valence-electron chi connectivity index (χ3n) is 3.61. The van der Waals surface area contributed by atoms with Crippen LogP contribution in [0.2, 0.25) is 0 Å². The van der Waals surface area contributed by atoms with E-state index < -0.39 is 23.4 Å². The van der Waals surface area contributed by atoms with E-state index >= 15 is 0 Å². The number of rotatable bonds is 8. The number of halogens is 2. The molecule has 0 aromatic heterocycles. The second-order valence-corrected chi connectivity index (χ2v) is 5.51. The number of benzene rings is 2. The summed E-state index contributed by atoms with van der Waals surface area (Å²) in [6, 6.07) is 9.76. The lowest BCUT2D eigenvalue weighted by Crippen LogP contribution is -2.35. The SMILES string of the molecule is COc1ccc(N(CCC(N)=O)CC(=O)Nc2ccc(F)cc2F)cc1. The largest absolute Gasteiger partial charge is 0.497 e. The van der Waals surface area contributed by atoms with Crippen molar-refractivity contribution in [1.29, 1.82) is 0 Å². The molecule has 0 heterocycles. The Balaban J connectivity index is 2.11. The van der Waals surface area contributed by atoms with Gasteiger partial charge in [-0.3, -0.25) is 9.59 Å². The molecule has 2 amide bonds. The number of anilines is 2. The van der Waals surface area contributed by atoms with Crippen LogP contribution in [0.3, 0.4) is 0 Å². The number of amides is 2. The molecule has 0 saturated carbocycles. The van der Waals surface area contributed by atoms with Crippen LogP contribution in [0.15, 0.2) is 42.5 Å². The van der Waals surface area contributed by atoms with Crippen molar-refractivity contribution >= 4 is 23.2 Å². The quantitative estimate of drug-likeness (QED) is 0.754. The molecule has 3 N–H and O–H groups in total. The third-order valence-corrected chi connectivity index (χ3v) is 3.61. The summed E-state index contributed by atoms with van der Waals surface area (Å²) in [7, 11) is 1.53. The molecule has 138 valence electrons. The van der Waals surface area contributed by atoms with E-state index in [2.05, 4.69) is 5.32 Å². The van der Waals surface area contributed by atoms with E-state index in [0.717, 1.165) is 12.1 Å². The number of primary amides is 1. The second-order valence-electron chi connectivity index (χ2n) is 5.51. The van der Waals surface area contributed by atoms with Crippen LogP contribution < -0.4 is 20.7 Å². The van der Waals surface area contributed by atoms with Gasteiger partial charge >= 0.3 is 0 Å². The zero-order valence-corrected chi connectivity index (χ0v) is 14.2. The van der Waals surface area contributed by atoms with Gasteiger partial charge in [0.05, 0.1) is 19.3 Å². The molecule has 0 unspecified atom stereocenters. The summed E-state index contributed by atoms with van der Waals surface area (Å²) in [6.45, 7) is 0.0669. The lowest BCUT2D eigenvalue weighted by Gasteiger charge is -2.24. The molecule has 0 radical (unpaired) electrons. The van der Waals surface area contributed by atoms with Gasteiger partial charge in [-0.25, -0.2) is 8.78 Å². The average Bonchev–Trinajstić information content (AvgIpc) is 2.61. The molecule has 0 aliphatic heterocycles. The molecule has 26 heavy (non-hydrogen) atoms. The molecular weight excluding hydrogens is 344 g/mol. The number of carbonyl (C=O) groups is 2. The van der Waals surface area contributed by atoms with Crippen LogP contribution >= 0.6 is 0 Å². The highest BCUT2D eigenvalue weighted by Crippen LogP contribution is 2.20. The first-order valence-corrected chi connectivity index (χ1v) is 7.81. The highest BCUT2D eigenvalue weighted by atomic mass is 19.1. The van der Waals surface area contributed by atoms with E-state index in [9.17, 15) is 18.4 Å². The first kappa shape index (κ1) is 19.2. The minimum atomic E-state index is -0.869. The summed E-state index contributed by atoms with van der Waals surface area (Å²) in [5.41, 5.74) is 5.73. The maximum Gasteiger partial charge on any atom is 0.243 e. The van der Waals surface area contributed by atoms with E-state index in [4.69, 9.17) is 10.5 Å². The maximum atomic E-state index is 13.7. The zero-order chi connectivity index (χ0) is 19.1. The average molecular weight is 363 g/mol. The van der Waals surface area contributed by atoms with Crippen LogP contribution in [0.4, 0.5) is 20.2 Å². The summed E-state index contributed by atoms with van der Waals surface area (Å²) in [4.78, 5) is 25.0. The standard InChI is InChI=1S/C18H19F2N3O3/c1-26-14-5-3-13(4-6-14)23(9-8-17(21)24)11-18(25)22-16-7-2-12(19)10-15(16)20/h2-7,10H,8-9,11H2,1H3,(H2,21,24)(H,22,25). The van der Waals surface area contributed by atoms with Gasteiger partial charge < -0.3 is 20.7 Å². The van der Waals surface area contributed by atoms with Gasteiger partial charge in [0.15, 0.2) is 0 Å². The number of hydrogen-bond donors (Lipinski definition) is 2. The zero-order valence-electron chi connectivity index (χ0n) is 14.2. The smallest absolute Gasteiger partial charge is 0.243 e. The molecule has 8 heteroatoms. The topological polar surface area (TPSA) is 84.7 Å². The molecule has 0 atom stereocenters. The van der Waals surface area contributed by atoms with Crippen molar-refractivity contribution < 1.29 is 23.1 Å². The van der Waals surface area contributed by atoms with Gasteiger partial charge in [0.25, 0.3) is 0 Å². The Kier molecular flexibility index (Phi) is 6.48. The number of ether oxygens (including phenoxy) is 1. The fourth-order valence-electron chi connectivity index (χ4n) is 2.29. The molecule has 0 fully saturated rings. The molecule has 6 nitrogen and oxygen atoms in total. The fourth-order valence-corrected chi connectivity index (χ4v) is 2.29. The number of nitrogens with one attached hydrogen (secondary N) is 1. The third kappa shape index (κ3) is 5.44. The molecular formula is C18H19F2N3O3. The molecule has 0 aliphatic carbocycles. The van der Waals surface area contributed by atoms with Crippen LogP contribution in [0.5, 0.6) is 5.75 Å². The first-order chi connectivity index (χ1) is 12.4. The van der Waals surface area contributed by atoms with E-state index in [0.29, 0.717) is 17.5 Å². The van der Waals surface area contributed by atoms with Gasteiger partial charge in [0.1, 0.15) is 17.4 Å². The highest BCUT2D eigenvalue weighted by Gasteiger charge is 2.15. The highest BCUT2D eigenvalue weighted by molar-refractivity contribution is 5.94. The lowest BCUT2D eigenvalue weighted by molar-refractivity contribution is -0.118. The van der Waals surface area contributed by atoms with Crippen LogP contribution in [-0.4, -0.2) is 32.0 Å². The van der Waals surface area contributed by atoms with Crippen molar-refractivity contribution in [3.05, 3.63) is 54.1 Å². The van der Waals surface area contributed by atoms with Crippen molar-refractivity contribution in [2.75, 3.05) is 30.4 Å². The van der Waals surface area contributed by atoms with E-state index in [-0.39, 0.29) is 25.2 Å². The molecule has 0 spiro atoms. The Labute approximate surface area is 149 Å².